The smallest absolute Gasteiger partial charge is 0.173 e. The molecule has 0 heterocycles. The quantitative estimate of drug-likeness (QED) is 0.945. The van der Waals surface area contributed by atoms with Gasteiger partial charge in [0.2, 0.25) is 0 Å². The predicted octanol–water partition coefficient (Wildman–Crippen LogP) is 3.16. The number of ketones is 1. The Balaban J connectivity index is 1.92. The van der Waals surface area contributed by atoms with Crippen LogP contribution in [-0.2, 0) is 4.79 Å². The van der Waals surface area contributed by atoms with Crippen molar-refractivity contribution in [2.75, 3.05) is 7.11 Å². The predicted molar refractivity (Wildman–Crippen MR) is 87.8 cm³/mol. The van der Waals surface area contributed by atoms with Gasteiger partial charge in [0, 0.05) is 5.92 Å². The van der Waals surface area contributed by atoms with Crippen molar-refractivity contribution in [3.05, 3.63) is 71.8 Å². The molecule has 2 N–H and O–H groups in total. The molecule has 0 amide bonds. The summed E-state index contributed by atoms with van der Waals surface area (Å²) in [6.45, 7) is 0. The molecule has 0 aromatic heterocycles. The maximum Gasteiger partial charge on any atom is 0.173 e. The minimum atomic E-state index is -0.485. The van der Waals surface area contributed by atoms with E-state index in [2.05, 4.69) is 0 Å². The van der Waals surface area contributed by atoms with Gasteiger partial charge < -0.3 is 10.5 Å². The summed E-state index contributed by atoms with van der Waals surface area (Å²) in [5, 5.41) is 0. The Morgan fingerprint density at radius 2 is 1.73 bits per heavy atom. The number of benzene rings is 2. The maximum absolute atomic E-state index is 12.3. The van der Waals surface area contributed by atoms with Crippen LogP contribution in [0.15, 0.2) is 60.7 Å². The van der Waals surface area contributed by atoms with Gasteiger partial charge in [0.1, 0.15) is 5.75 Å². The first-order chi connectivity index (χ1) is 10.7. The molecule has 0 saturated carbocycles. The minimum Gasteiger partial charge on any atom is -0.497 e. The fourth-order valence-corrected chi connectivity index (χ4v) is 2.92. The number of methoxy groups -OCH3 is 1. The van der Waals surface area contributed by atoms with Crippen LogP contribution in [0.1, 0.15) is 23.5 Å². The summed E-state index contributed by atoms with van der Waals surface area (Å²) in [4.78, 5) is 12.3. The van der Waals surface area contributed by atoms with Crippen LogP contribution in [0.2, 0.25) is 0 Å². The molecule has 112 valence electrons. The molecular weight excluding hydrogens is 274 g/mol. The molecule has 22 heavy (non-hydrogen) atoms. The molecule has 0 radical (unpaired) electrons. The van der Waals surface area contributed by atoms with Crippen LogP contribution in [0.3, 0.4) is 0 Å². The van der Waals surface area contributed by atoms with E-state index in [9.17, 15) is 4.79 Å². The lowest BCUT2D eigenvalue weighted by molar-refractivity contribution is -0.116. The maximum atomic E-state index is 12.3. The van der Waals surface area contributed by atoms with E-state index in [1.807, 2.05) is 54.6 Å². The molecule has 1 aliphatic carbocycles. The number of carbonyl (C=O) groups is 1. The SMILES string of the molecule is COc1ccc(C2CC(c3ccccc3)=CC(=O)C2N)cc1. The van der Waals surface area contributed by atoms with E-state index < -0.39 is 6.04 Å². The fraction of sp³-hybridized carbons (Fsp3) is 0.211. The lowest BCUT2D eigenvalue weighted by atomic mass is 9.78. The van der Waals surface area contributed by atoms with Crippen LogP contribution in [0, 0.1) is 0 Å². The second-order valence-corrected chi connectivity index (χ2v) is 5.55. The van der Waals surface area contributed by atoms with Crippen molar-refractivity contribution in [2.24, 2.45) is 5.73 Å². The van der Waals surface area contributed by atoms with Crippen LogP contribution in [0.5, 0.6) is 5.75 Å². The molecule has 0 bridgehead atoms. The average molecular weight is 293 g/mol. The Hall–Kier alpha value is -2.39. The van der Waals surface area contributed by atoms with E-state index in [-0.39, 0.29) is 11.7 Å². The summed E-state index contributed by atoms with van der Waals surface area (Å²) in [6.07, 6.45) is 2.46. The van der Waals surface area contributed by atoms with Gasteiger partial charge in [0.15, 0.2) is 5.78 Å². The monoisotopic (exact) mass is 293 g/mol. The molecular formula is C19H19NO2. The Bertz CT molecular complexity index is 689. The van der Waals surface area contributed by atoms with Crippen molar-refractivity contribution in [1.82, 2.24) is 0 Å². The average Bonchev–Trinajstić information content (AvgIpc) is 2.58. The minimum absolute atomic E-state index is 0.00128. The number of carbonyl (C=O) groups excluding carboxylic acids is 1. The second kappa shape index (κ2) is 6.16. The molecule has 2 atom stereocenters. The van der Waals surface area contributed by atoms with Crippen molar-refractivity contribution in [3.63, 3.8) is 0 Å². The lowest BCUT2D eigenvalue weighted by Crippen LogP contribution is -2.38. The third-order valence-corrected chi connectivity index (χ3v) is 4.21. The summed E-state index contributed by atoms with van der Waals surface area (Å²) < 4.78 is 5.19. The van der Waals surface area contributed by atoms with Gasteiger partial charge in [-0.1, -0.05) is 42.5 Å². The van der Waals surface area contributed by atoms with Crippen molar-refractivity contribution in [3.8, 4) is 5.75 Å². The molecule has 0 saturated heterocycles. The Labute approximate surface area is 130 Å². The first-order valence-corrected chi connectivity index (χ1v) is 7.38. The number of rotatable bonds is 3. The molecule has 2 aromatic carbocycles. The van der Waals surface area contributed by atoms with Gasteiger partial charge in [-0.05, 0) is 41.3 Å². The van der Waals surface area contributed by atoms with Crippen LogP contribution in [-0.4, -0.2) is 18.9 Å². The largest absolute Gasteiger partial charge is 0.497 e. The molecule has 2 unspecified atom stereocenters. The number of ether oxygens (including phenoxy) is 1. The summed E-state index contributed by atoms with van der Waals surface area (Å²) in [6, 6.07) is 17.3. The zero-order valence-corrected chi connectivity index (χ0v) is 12.5. The molecule has 3 nitrogen and oxygen atoms in total. The summed E-state index contributed by atoms with van der Waals surface area (Å²) in [5.41, 5.74) is 9.35. The molecule has 0 aliphatic heterocycles. The standard InChI is InChI=1S/C19H19NO2/c1-22-16-9-7-14(8-10-16)17-11-15(12-18(21)19(17)20)13-5-3-2-4-6-13/h2-10,12,17,19H,11,20H2,1H3. The van der Waals surface area contributed by atoms with Crippen LogP contribution in [0.25, 0.3) is 5.57 Å². The zero-order chi connectivity index (χ0) is 15.5. The summed E-state index contributed by atoms with van der Waals surface area (Å²) >= 11 is 0. The van der Waals surface area contributed by atoms with Gasteiger partial charge in [-0.15, -0.1) is 0 Å². The molecule has 3 heteroatoms. The molecule has 0 spiro atoms. The highest BCUT2D eigenvalue weighted by atomic mass is 16.5. The van der Waals surface area contributed by atoms with Gasteiger partial charge in [-0.2, -0.15) is 0 Å². The van der Waals surface area contributed by atoms with Gasteiger partial charge in [0.05, 0.1) is 13.2 Å². The van der Waals surface area contributed by atoms with Crippen LogP contribution >= 0.6 is 0 Å². The van der Waals surface area contributed by atoms with Crippen molar-refractivity contribution in [1.29, 1.82) is 0 Å². The molecule has 1 aliphatic rings. The fourth-order valence-electron chi connectivity index (χ4n) is 2.92. The van der Waals surface area contributed by atoms with Gasteiger partial charge in [-0.3, -0.25) is 4.79 Å². The van der Waals surface area contributed by atoms with Crippen LogP contribution in [0.4, 0.5) is 0 Å². The number of nitrogens with two attached hydrogens (primary N) is 1. The van der Waals surface area contributed by atoms with Gasteiger partial charge >= 0.3 is 0 Å². The zero-order valence-electron chi connectivity index (χ0n) is 12.5. The molecule has 3 rings (SSSR count). The third-order valence-electron chi connectivity index (χ3n) is 4.21. The van der Waals surface area contributed by atoms with Gasteiger partial charge in [-0.25, -0.2) is 0 Å². The van der Waals surface area contributed by atoms with E-state index in [1.54, 1.807) is 13.2 Å². The highest BCUT2D eigenvalue weighted by Gasteiger charge is 2.30. The Morgan fingerprint density at radius 1 is 1.05 bits per heavy atom. The topological polar surface area (TPSA) is 52.3 Å². The Kier molecular flexibility index (Phi) is 4.07. The van der Waals surface area contributed by atoms with Crippen molar-refractivity contribution in [2.45, 2.75) is 18.4 Å². The number of hydrogen-bond donors (Lipinski definition) is 1. The summed E-state index contributed by atoms with van der Waals surface area (Å²) in [5.74, 6) is 0.794. The second-order valence-electron chi connectivity index (χ2n) is 5.55. The molecule has 2 aromatic rings. The van der Waals surface area contributed by atoms with E-state index in [0.717, 1.165) is 28.9 Å². The first kappa shape index (κ1) is 14.5. The lowest BCUT2D eigenvalue weighted by Gasteiger charge is -2.28. The van der Waals surface area contributed by atoms with E-state index in [0.29, 0.717) is 0 Å². The van der Waals surface area contributed by atoms with Crippen molar-refractivity contribution >= 4 is 11.4 Å². The van der Waals surface area contributed by atoms with E-state index >= 15 is 0 Å². The van der Waals surface area contributed by atoms with E-state index in [1.165, 1.54) is 0 Å². The highest BCUT2D eigenvalue weighted by Crippen LogP contribution is 2.35. The third kappa shape index (κ3) is 2.81. The molecule has 0 fully saturated rings. The highest BCUT2D eigenvalue weighted by molar-refractivity contribution is 6.02. The normalized spacial score (nSPS) is 21.4. The van der Waals surface area contributed by atoms with E-state index in [4.69, 9.17) is 10.5 Å². The first-order valence-electron chi connectivity index (χ1n) is 7.38. The van der Waals surface area contributed by atoms with Gasteiger partial charge in [0.25, 0.3) is 0 Å². The number of allylic oxidation sites excluding steroid dienone is 1. The van der Waals surface area contributed by atoms with Crippen LogP contribution < -0.4 is 10.5 Å². The number of hydrogen-bond acceptors (Lipinski definition) is 3. The van der Waals surface area contributed by atoms with Crippen molar-refractivity contribution < 1.29 is 9.53 Å². The Morgan fingerprint density at radius 3 is 2.36 bits per heavy atom. The summed E-state index contributed by atoms with van der Waals surface area (Å²) in [7, 11) is 1.64.